The van der Waals surface area contributed by atoms with Crippen molar-refractivity contribution in [3.05, 3.63) is 52.9 Å². The summed E-state index contributed by atoms with van der Waals surface area (Å²) < 4.78 is 2.08. The number of benzene rings is 1. The molecule has 0 bridgehead atoms. The van der Waals surface area contributed by atoms with Crippen molar-refractivity contribution >= 4 is 33.3 Å². The lowest BCUT2D eigenvalue weighted by molar-refractivity contribution is 0.860. The van der Waals surface area contributed by atoms with Gasteiger partial charge in [0.1, 0.15) is 22.0 Å². The molecular formula is C18H17N5S2. The van der Waals surface area contributed by atoms with Gasteiger partial charge >= 0.3 is 0 Å². The van der Waals surface area contributed by atoms with Crippen LogP contribution in [0.4, 0.5) is 0 Å². The van der Waals surface area contributed by atoms with Gasteiger partial charge in [0, 0.05) is 10.3 Å². The van der Waals surface area contributed by atoms with Crippen molar-refractivity contribution in [2.75, 3.05) is 0 Å². The van der Waals surface area contributed by atoms with Gasteiger partial charge in [-0.05, 0) is 49.7 Å². The Hall–Kier alpha value is -2.25. The zero-order valence-electron chi connectivity index (χ0n) is 14.2. The Balaban J connectivity index is 1.81. The predicted molar refractivity (Wildman–Crippen MR) is 102 cm³/mol. The van der Waals surface area contributed by atoms with Gasteiger partial charge in [-0.1, -0.05) is 25.1 Å². The molecule has 0 amide bonds. The summed E-state index contributed by atoms with van der Waals surface area (Å²) in [6.45, 7) is 6.22. The third kappa shape index (κ3) is 2.94. The number of aryl methyl sites for hydroxylation is 3. The van der Waals surface area contributed by atoms with Crippen molar-refractivity contribution in [1.29, 1.82) is 0 Å². The second-order valence-corrected chi connectivity index (χ2v) is 7.79. The van der Waals surface area contributed by atoms with Crippen LogP contribution in [0.2, 0.25) is 0 Å². The van der Waals surface area contributed by atoms with Gasteiger partial charge < -0.3 is 0 Å². The lowest BCUT2D eigenvalue weighted by atomic mass is 10.2. The fourth-order valence-electron chi connectivity index (χ4n) is 2.73. The van der Waals surface area contributed by atoms with E-state index in [1.165, 1.54) is 22.2 Å². The molecule has 5 nitrogen and oxygen atoms in total. The Morgan fingerprint density at radius 3 is 2.76 bits per heavy atom. The van der Waals surface area contributed by atoms with Crippen molar-refractivity contribution in [3.8, 4) is 5.69 Å². The van der Waals surface area contributed by atoms with Crippen LogP contribution in [0.3, 0.4) is 0 Å². The SMILES string of the molecule is CCc1cc2c(Sc3nnc(C)n3-c3ccccc3C)ncnc2s1. The number of rotatable bonds is 4. The average molecular weight is 368 g/mol. The second kappa shape index (κ2) is 6.57. The fourth-order valence-corrected chi connectivity index (χ4v) is 4.67. The molecule has 0 unspecified atom stereocenters. The zero-order valence-corrected chi connectivity index (χ0v) is 15.9. The minimum atomic E-state index is 0.816. The summed E-state index contributed by atoms with van der Waals surface area (Å²) in [5, 5.41) is 11.5. The molecule has 0 spiro atoms. The average Bonchev–Trinajstić information content (AvgIpc) is 3.20. The van der Waals surface area contributed by atoms with Crippen LogP contribution >= 0.6 is 23.1 Å². The molecule has 126 valence electrons. The third-order valence-electron chi connectivity index (χ3n) is 4.03. The molecule has 0 aliphatic heterocycles. The monoisotopic (exact) mass is 367 g/mol. The van der Waals surface area contributed by atoms with Gasteiger partial charge in [0.25, 0.3) is 0 Å². The summed E-state index contributed by atoms with van der Waals surface area (Å²) in [5.41, 5.74) is 2.28. The lowest BCUT2D eigenvalue weighted by Gasteiger charge is -2.10. The molecule has 7 heteroatoms. The quantitative estimate of drug-likeness (QED) is 0.493. The maximum atomic E-state index is 4.49. The van der Waals surface area contributed by atoms with Crippen molar-refractivity contribution in [1.82, 2.24) is 24.7 Å². The zero-order chi connectivity index (χ0) is 17.4. The Bertz CT molecular complexity index is 1050. The number of hydrogen-bond donors (Lipinski definition) is 0. The van der Waals surface area contributed by atoms with Crippen molar-refractivity contribution in [2.45, 2.75) is 37.4 Å². The number of nitrogens with zero attached hydrogens (tertiary/aromatic N) is 5. The standard InChI is InChI=1S/C18H17N5S2/c1-4-13-9-14-16(24-13)19-10-20-17(14)25-18-22-21-12(3)23(18)15-8-6-5-7-11(15)2/h5-10H,4H2,1-3H3. The van der Waals surface area contributed by atoms with Crippen LogP contribution in [0.15, 0.2) is 46.8 Å². The molecule has 4 aromatic rings. The first-order valence-electron chi connectivity index (χ1n) is 8.06. The van der Waals surface area contributed by atoms with E-state index in [4.69, 9.17) is 0 Å². The number of para-hydroxylation sites is 1. The van der Waals surface area contributed by atoms with E-state index in [-0.39, 0.29) is 0 Å². The van der Waals surface area contributed by atoms with Crippen LogP contribution in [0, 0.1) is 13.8 Å². The van der Waals surface area contributed by atoms with E-state index in [2.05, 4.69) is 56.8 Å². The first-order valence-corrected chi connectivity index (χ1v) is 9.70. The molecular weight excluding hydrogens is 350 g/mol. The lowest BCUT2D eigenvalue weighted by Crippen LogP contribution is -2.01. The molecule has 3 heterocycles. The largest absolute Gasteiger partial charge is 0.274 e. The van der Waals surface area contributed by atoms with E-state index in [1.54, 1.807) is 17.7 Å². The topological polar surface area (TPSA) is 56.5 Å². The molecule has 0 saturated heterocycles. The smallest absolute Gasteiger partial charge is 0.202 e. The number of fused-ring (bicyclic) bond motifs is 1. The summed E-state index contributed by atoms with van der Waals surface area (Å²) >= 11 is 3.26. The summed E-state index contributed by atoms with van der Waals surface area (Å²) in [6, 6.07) is 10.4. The van der Waals surface area contributed by atoms with E-state index in [1.807, 2.05) is 19.1 Å². The van der Waals surface area contributed by atoms with Crippen molar-refractivity contribution in [2.24, 2.45) is 0 Å². The molecule has 4 rings (SSSR count). The van der Waals surface area contributed by atoms with Gasteiger partial charge in [-0.15, -0.1) is 21.5 Å². The molecule has 0 radical (unpaired) electrons. The predicted octanol–water partition coefficient (Wildman–Crippen LogP) is 4.60. The Labute approximate surface area is 154 Å². The van der Waals surface area contributed by atoms with Crippen LogP contribution in [0.1, 0.15) is 23.2 Å². The van der Waals surface area contributed by atoms with Crippen LogP contribution in [0.25, 0.3) is 15.9 Å². The summed E-state index contributed by atoms with van der Waals surface area (Å²) in [7, 11) is 0. The molecule has 0 atom stereocenters. The minimum Gasteiger partial charge on any atom is -0.274 e. The van der Waals surface area contributed by atoms with Gasteiger partial charge in [0.05, 0.1) is 5.69 Å². The highest BCUT2D eigenvalue weighted by Gasteiger charge is 2.17. The highest BCUT2D eigenvalue weighted by molar-refractivity contribution is 7.99. The van der Waals surface area contributed by atoms with E-state index >= 15 is 0 Å². The van der Waals surface area contributed by atoms with E-state index in [0.29, 0.717) is 0 Å². The molecule has 25 heavy (non-hydrogen) atoms. The highest BCUT2D eigenvalue weighted by atomic mass is 32.2. The Morgan fingerprint density at radius 2 is 1.96 bits per heavy atom. The van der Waals surface area contributed by atoms with Crippen molar-refractivity contribution < 1.29 is 0 Å². The van der Waals surface area contributed by atoms with E-state index in [9.17, 15) is 0 Å². The van der Waals surface area contributed by atoms with Gasteiger partial charge in [-0.2, -0.15) is 0 Å². The van der Waals surface area contributed by atoms with Crippen molar-refractivity contribution in [3.63, 3.8) is 0 Å². The highest BCUT2D eigenvalue weighted by Crippen LogP contribution is 2.35. The molecule has 0 saturated carbocycles. The van der Waals surface area contributed by atoms with E-state index in [0.717, 1.165) is 38.3 Å². The Kier molecular flexibility index (Phi) is 4.27. The van der Waals surface area contributed by atoms with E-state index < -0.39 is 0 Å². The number of thiophene rings is 1. The van der Waals surface area contributed by atoms with Crippen LogP contribution in [0.5, 0.6) is 0 Å². The molecule has 1 aromatic carbocycles. The van der Waals surface area contributed by atoms with Gasteiger partial charge in [0.2, 0.25) is 5.16 Å². The third-order valence-corrected chi connectivity index (χ3v) is 6.18. The molecule has 3 aromatic heterocycles. The number of hydrogen-bond acceptors (Lipinski definition) is 6. The number of aromatic nitrogens is 5. The van der Waals surface area contributed by atoms with Gasteiger partial charge in [-0.25, -0.2) is 9.97 Å². The first-order chi connectivity index (χ1) is 12.2. The molecule has 0 aliphatic rings. The second-order valence-electron chi connectivity index (χ2n) is 5.72. The summed E-state index contributed by atoms with van der Waals surface area (Å²) in [6.07, 6.45) is 2.63. The van der Waals surface area contributed by atoms with Crippen LogP contribution in [-0.4, -0.2) is 24.7 Å². The van der Waals surface area contributed by atoms with Gasteiger partial charge in [-0.3, -0.25) is 4.57 Å². The van der Waals surface area contributed by atoms with Crippen LogP contribution in [-0.2, 0) is 6.42 Å². The summed E-state index contributed by atoms with van der Waals surface area (Å²) in [5.74, 6) is 0.863. The minimum absolute atomic E-state index is 0.816. The first kappa shape index (κ1) is 16.2. The maximum absolute atomic E-state index is 4.49. The maximum Gasteiger partial charge on any atom is 0.202 e. The summed E-state index contributed by atoms with van der Waals surface area (Å²) in [4.78, 5) is 11.2. The Morgan fingerprint density at radius 1 is 1.12 bits per heavy atom. The molecule has 0 fully saturated rings. The molecule has 0 N–H and O–H groups in total. The van der Waals surface area contributed by atoms with Crippen LogP contribution < -0.4 is 0 Å². The normalized spacial score (nSPS) is 11.3. The fraction of sp³-hybridized carbons (Fsp3) is 0.222. The molecule has 0 aliphatic carbocycles. The van der Waals surface area contributed by atoms with Gasteiger partial charge in [0.15, 0.2) is 0 Å².